The summed E-state index contributed by atoms with van der Waals surface area (Å²) in [5.74, 6) is 0. The number of hydrogen-bond donors (Lipinski definition) is 0. The number of nitrogens with zero attached hydrogens (tertiary/aromatic N) is 2. The number of rotatable bonds is 3. The molecule has 0 saturated carbocycles. The zero-order chi connectivity index (χ0) is 7.44. The summed E-state index contributed by atoms with van der Waals surface area (Å²) in [6.45, 7) is 3.13. The van der Waals surface area contributed by atoms with Crippen LogP contribution in [0.15, 0.2) is 0 Å². The lowest BCUT2D eigenvalue weighted by Crippen LogP contribution is -2.29. The summed E-state index contributed by atoms with van der Waals surface area (Å²) >= 11 is 0. The Kier molecular flexibility index (Phi) is 2.90. The van der Waals surface area contributed by atoms with E-state index in [1.807, 2.05) is 0 Å². The second-order valence-electron chi connectivity index (χ2n) is 1.78. The molecule has 0 aromatic rings. The van der Waals surface area contributed by atoms with Crippen molar-refractivity contribution in [2.24, 2.45) is 0 Å². The maximum absolute atomic E-state index is 12.1. The van der Waals surface area contributed by atoms with Crippen LogP contribution in [0.4, 0.5) is 4.48 Å². The van der Waals surface area contributed by atoms with Crippen LogP contribution in [0.3, 0.4) is 0 Å². The van der Waals surface area contributed by atoms with E-state index in [2.05, 4.69) is 0 Å². The summed E-state index contributed by atoms with van der Waals surface area (Å²) < 4.78 is 12.1. The van der Waals surface area contributed by atoms with Crippen LogP contribution in [-0.4, -0.2) is 16.3 Å². The number of nitro groups is 1. The van der Waals surface area contributed by atoms with Gasteiger partial charge in [0.25, 0.3) is 0 Å². The Hall–Kier alpha value is -0.870. The predicted molar refractivity (Wildman–Crippen MR) is 29.7 cm³/mol. The summed E-state index contributed by atoms with van der Waals surface area (Å²) in [4.78, 5) is 9.66. The van der Waals surface area contributed by atoms with Crippen LogP contribution in [0.1, 0.15) is 20.3 Å². The first-order chi connectivity index (χ1) is 4.09. The third-order valence-electron chi connectivity index (χ3n) is 1.11. The summed E-state index contributed by atoms with van der Waals surface area (Å²) in [5.41, 5.74) is 0. The van der Waals surface area contributed by atoms with Gasteiger partial charge in [0.15, 0.2) is 5.03 Å². The van der Waals surface area contributed by atoms with Crippen LogP contribution in [0, 0.1) is 10.1 Å². The lowest BCUT2D eigenvalue weighted by molar-refractivity contribution is -0.714. The largest absolute Gasteiger partial charge is 0.233 e. The molecule has 0 N–H and O–H groups in total. The lowest BCUT2D eigenvalue weighted by atomic mass is 10.3. The summed E-state index contributed by atoms with van der Waals surface area (Å²) in [5, 5.41) is 8.21. The summed E-state index contributed by atoms with van der Waals surface area (Å²) in [6, 6.07) is -0.639. The topological polar surface area (TPSA) is 46.4 Å². The van der Waals surface area contributed by atoms with Crippen LogP contribution >= 0.6 is 0 Å². The average molecular weight is 136 g/mol. The molecule has 0 aliphatic rings. The highest BCUT2D eigenvalue weighted by atomic mass is 19.2. The standard InChI is InChI=1S/C4H9FN2O2/c1-3-4(2)6(5)7(8)9/h4H,3H2,1-2H3. The fourth-order valence-corrected chi connectivity index (χ4v) is 0.312. The van der Waals surface area contributed by atoms with E-state index in [0.29, 0.717) is 6.42 Å². The van der Waals surface area contributed by atoms with E-state index in [-0.39, 0.29) is 5.23 Å². The van der Waals surface area contributed by atoms with Gasteiger partial charge in [0.05, 0.1) is 5.23 Å². The lowest BCUT2D eigenvalue weighted by Gasteiger charge is -2.07. The fourth-order valence-electron chi connectivity index (χ4n) is 0.312. The summed E-state index contributed by atoms with van der Waals surface area (Å²) in [6.07, 6.45) is 0.428. The normalized spacial score (nSPS) is 12.8. The van der Waals surface area contributed by atoms with Gasteiger partial charge in [-0.2, -0.15) is 0 Å². The first-order valence-corrected chi connectivity index (χ1v) is 2.69. The van der Waals surface area contributed by atoms with Crippen LogP contribution in [-0.2, 0) is 0 Å². The molecule has 0 fully saturated rings. The Morgan fingerprint density at radius 3 is 2.44 bits per heavy atom. The molecular weight excluding hydrogens is 127 g/mol. The molecule has 0 saturated heterocycles. The Balaban J connectivity index is 3.72. The van der Waals surface area contributed by atoms with E-state index < -0.39 is 11.1 Å². The molecule has 1 unspecified atom stereocenters. The quantitative estimate of drug-likeness (QED) is 0.332. The Labute approximate surface area is 52.3 Å². The van der Waals surface area contributed by atoms with Crippen LogP contribution in [0.5, 0.6) is 0 Å². The zero-order valence-corrected chi connectivity index (χ0v) is 5.37. The van der Waals surface area contributed by atoms with E-state index >= 15 is 0 Å². The van der Waals surface area contributed by atoms with Crippen molar-refractivity contribution < 1.29 is 9.51 Å². The van der Waals surface area contributed by atoms with Crippen molar-refractivity contribution in [3.63, 3.8) is 0 Å². The van der Waals surface area contributed by atoms with Crippen LogP contribution < -0.4 is 0 Å². The van der Waals surface area contributed by atoms with E-state index in [9.17, 15) is 14.6 Å². The van der Waals surface area contributed by atoms with Crippen molar-refractivity contribution in [3.05, 3.63) is 10.1 Å². The van der Waals surface area contributed by atoms with Crippen molar-refractivity contribution in [2.75, 3.05) is 0 Å². The van der Waals surface area contributed by atoms with Gasteiger partial charge in [-0.3, -0.25) is 0 Å². The highest BCUT2D eigenvalue weighted by Crippen LogP contribution is 2.02. The minimum atomic E-state index is -1.06. The molecular formula is C4H9FN2O2. The number of halogens is 1. The van der Waals surface area contributed by atoms with Crippen molar-refractivity contribution in [3.8, 4) is 0 Å². The van der Waals surface area contributed by atoms with Gasteiger partial charge in [0.1, 0.15) is 6.04 Å². The van der Waals surface area contributed by atoms with Crippen molar-refractivity contribution in [1.29, 1.82) is 0 Å². The minimum absolute atomic E-state index is 0.389. The molecule has 54 valence electrons. The fraction of sp³-hybridized carbons (Fsp3) is 1.00. The van der Waals surface area contributed by atoms with Crippen molar-refractivity contribution in [1.82, 2.24) is 5.23 Å². The van der Waals surface area contributed by atoms with Gasteiger partial charge < -0.3 is 0 Å². The van der Waals surface area contributed by atoms with E-state index in [0.717, 1.165) is 0 Å². The third kappa shape index (κ3) is 2.25. The van der Waals surface area contributed by atoms with Gasteiger partial charge >= 0.3 is 0 Å². The molecule has 0 rings (SSSR count). The Bertz CT molecular complexity index is 109. The van der Waals surface area contributed by atoms with E-state index in [1.165, 1.54) is 6.92 Å². The second kappa shape index (κ2) is 3.21. The SMILES string of the molecule is CCC(C)N(F)[N+](=O)[O-]. The van der Waals surface area contributed by atoms with Crippen molar-refractivity contribution >= 4 is 0 Å². The Morgan fingerprint density at radius 2 is 2.33 bits per heavy atom. The smallest absolute Gasteiger partial charge is 0.191 e. The maximum Gasteiger partial charge on any atom is 0.191 e. The number of hydrazine groups is 1. The molecule has 0 bridgehead atoms. The molecule has 0 aliphatic carbocycles. The third-order valence-corrected chi connectivity index (χ3v) is 1.11. The van der Waals surface area contributed by atoms with Gasteiger partial charge in [0.2, 0.25) is 0 Å². The molecule has 9 heavy (non-hydrogen) atoms. The molecule has 0 heterocycles. The second-order valence-corrected chi connectivity index (χ2v) is 1.78. The van der Waals surface area contributed by atoms with Crippen LogP contribution in [0.25, 0.3) is 0 Å². The van der Waals surface area contributed by atoms with Gasteiger partial charge in [-0.15, -0.1) is 0 Å². The van der Waals surface area contributed by atoms with Crippen LogP contribution in [0.2, 0.25) is 0 Å². The molecule has 4 nitrogen and oxygen atoms in total. The molecule has 0 amide bonds. The average Bonchev–Trinajstić information content (AvgIpc) is 1.84. The van der Waals surface area contributed by atoms with Gasteiger partial charge in [-0.05, 0) is 17.8 Å². The highest BCUT2D eigenvalue weighted by Gasteiger charge is 2.19. The Morgan fingerprint density at radius 1 is 1.89 bits per heavy atom. The highest BCUT2D eigenvalue weighted by molar-refractivity contribution is 4.45. The minimum Gasteiger partial charge on any atom is -0.233 e. The van der Waals surface area contributed by atoms with Gasteiger partial charge in [-0.1, -0.05) is 6.92 Å². The van der Waals surface area contributed by atoms with E-state index in [1.54, 1.807) is 6.92 Å². The van der Waals surface area contributed by atoms with Crippen molar-refractivity contribution in [2.45, 2.75) is 26.3 Å². The molecule has 0 radical (unpaired) electrons. The predicted octanol–water partition coefficient (Wildman–Crippen LogP) is 1.16. The molecule has 1 atom stereocenters. The molecule has 5 heteroatoms. The zero-order valence-electron chi connectivity index (χ0n) is 5.37. The van der Waals surface area contributed by atoms with Gasteiger partial charge in [-0.25, -0.2) is 10.1 Å². The molecule has 0 aromatic carbocycles. The summed E-state index contributed by atoms with van der Waals surface area (Å²) in [7, 11) is 0. The monoisotopic (exact) mass is 136 g/mol. The first-order valence-electron chi connectivity index (χ1n) is 2.69. The van der Waals surface area contributed by atoms with Gasteiger partial charge in [0, 0.05) is 0 Å². The molecule has 0 aliphatic heterocycles. The van der Waals surface area contributed by atoms with E-state index in [4.69, 9.17) is 0 Å². The molecule has 0 spiro atoms. The number of hydrogen-bond acceptors (Lipinski definition) is 2. The molecule has 0 aromatic heterocycles. The first kappa shape index (κ1) is 8.13. The maximum atomic E-state index is 12.1.